The van der Waals surface area contributed by atoms with Crippen LogP contribution in [0.3, 0.4) is 0 Å². The summed E-state index contributed by atoms with van der Waals surface area (Å²) in [5.74, 6) is 0.379. The molecule has 0 saturated carbocycles. The Morgan fingerprint density at radius 3 is 2.88 bits per heavy atom. The zero-order valence-electron chi connectivity index (χ0n) is 11.3. The Balaban J connectivity index is 2.02. The summed E-state index contributed by atoms with van der Waals surface area (Å²) in [6.45, 7) is 8.25. The lowest BCUT2D eigenvalue weighted by Crippen LogP contribution is -2.48. The van der Waals surface area contributed by atoms with Gasteiger partial charge in [-0.15, -0.1) is 0 Å². The molecule has 2 aliphatic heterocycles. The quantitative estimate of drug-likeness (QED) is 0.684. The molecular weight excluding hydrogens is 212 g/mol. The molecule has 0 N–H and O–H groups in total. The first kappa shape index (κ1) is 12.6. The summed E-state index contributed by atoms with van der Waals surface area (Å²) in [6, 6.07) is 0. The number of likely N-dealkylation sites (tertiary alicyclic amines) is 2. The Bertz CT molecular complexity index is 337. The van der Waals surface area contributed by atoms with E-state index < -0.39 is 0 Å². The first-order valence-electron chi connectivity index (χ1n) is 6.67. The molecule has 2 heterocycles. The van der Waals surface area contributed by atoms with Crippen LogP contribution in [0.25, 0.3) is 0 Å². The predicted molar refractivity (Wildman–Crippen MR) is 69.8 cm³/mol. The lowest BCUT2D eigenvalue weighted by molar-refractivity contribution is -0.143. The first-order chi connectivity index (χ1) is 8.07. The van der Waals surface area contributed by atoms with Crippen molar-refractivity contribution < 1.29 is 4.79 Å². The van der Waals surface area contributed by atoms with Crippen molar-refractivity contribution in [3.63, 3.8) is 0 Å². The number of hydrogen-bond donors (Lipinski definition) is 0. The van der Waals surface area contributed by atoms with E-state index in [1.807, 2.05) is 11.9 Å². The van der Waals surface area contributed by atoms with Crippen LogP contribution < -0.4 is 0 Å². The maximum Gasteiger partial charge on any atom is 0.229 e. The molecule has 2 saturated heterocycles. The summed E-state index contributed by atoms with van der Waals surface area (Å²) in [5.41, 5.74) is 1.35. The van der Waals surface area contributed by atoms with Gasteiger partial charge < -0.3 is 4.90 Å². The maximum atomic E-state index is 12.3. The highest BCUT2D eigenvalue weighted by Crippen LogP contribution is 2.39. The van der Waals surface area contributed by atoms with Crippen LogP contribution in [0.5, 0.6) is 0 Å². The smallest absolute Gasteiger partial charge is 0.229 e. The molecule has 3 nitrogen and oxygen atoms in total. The van der Waals surface area contributed by atoms with Crippen molar-refractivity contribution >= 4 is 5.91 Å². The third-order valence-electron chi connectivity index (χ3n) is 4.35. The zero-order valence-corrected chi connectivity index (χ0v) is 11.3. The van der Waals surface area contributed by atoms with Gasteiger partial charge in [0.2, 0.25) is 5.91 Å². The SMILES string of the molecule is C/C=C(\C)CN1CC[C@@]2(CCCN(C)C2=O)C1. The van der Waals surface area contributed by atoms with E-state index in [0.717, 1.165) is 39.0 Å². The van der Waals surface area contributed by atoms with Gasteiger partial charge in [0.25, 0.3) is 0 Å². The third-order valence-corrected chi connectivity index (χ3v) is 4.35. The Morgan fingerprint density at radius 1 is 1.41 bits per heavy atom. The number of piperidine rings is 1. The molecule has 96 valence electrons. The number of allylic oxidation sites excluding steroid dienone is 1. The number of amides is 1. The van der Waals surface area contributed by atoms with Gasteiger partial charge in [-0.2, -0.15) is 0 Å². The van der Waals surface area contributed by atoms with Gasteiger partial charge in [-0.05, 0) is 39.7 Å². The molecule has 0 aliphatic carbocycles. The lowest BCUT2D eigenvalue weighted by atomic mass is 9.78. The van der Waals surface area contributed by atoms with Gasteiger partial charge in [0.15, 0.2) is 0 Å². The number of carbonyl (C=O) groups is 1. The zero-order chi connectivity index (χ0) is 12.5. The molecule has 1 atom stereocenters. The fourth-order valence-corrected chi connectivity index (χ4v) is 3.18. The van der Waals surface area contributed by atoms with Crippen LogP contribution in [0.15, 0.2) is 11.6 Å². The number of hydrogen-bond acceptors (Lipinski definition) is 2. The molecule has 2 rings (SSSR count). The lowest BCUT2D eigenvalue weighted by Gasteiger charge is -2.37. The summed E-state index contributed by atoms with van der Waals surface area (Å²) < 4.78 is 0. The van der Waals surface area contributed by atoms with Crippen molar-refractivity contribution in [2.45, 2.75) is 33.1 Å². The maximum absolute atomic E-state index is 12.3. The second kappa shape index (κ2) is 4.81. The van der Waals surface area contributed by atoms with E-state index in [1.54, 1.807) is 0 Å². The van der Waals surface area contributed by atoms with Gasteiger partial charge in [-0.25, -0.2) is 0 Å². The summed E-state index contributed by atoms with van der Waals surface area (Å²) in [5, 5.41) is 0. The Morgan fingerprint density at radius 2 is 2.18 bits per heavy atom. The van der Waals surface area contributed by atoms with Crippen LogP contribution in [0.2, 0.25) is 0 Å². The predicted octanol–water partition coefficient (Wildman–Crippen LogP) is 1.90. The van der Waals surface area contributed by atoms with Crippen LogP contribution >= 0.6 is 0 Å². The highest BCUT2D eigenvalue weighted by Gasteiger charge is 2.47. The van der Waals surface area contributed by atoms with Crippen LogP contribution in [-0.4, -0.2) is 48.9 Å². The van der Waals surface area contributed by atoms with Crippen LogP contribution in [0, 0.1) is 5.41 Å². The molecule has 0 aromatic heterocycles. The molecule has 0 unspecified atom stereocenters. The second-order valence-electron chi connectivity index (χ2n) is 5.71. The van der Waals surface area contributed by atoms with Crippen molar-refractivity contribution in [2.24, 2.45) is 5.41 Å². The van der Waals surface area contributed by atoms with E-state index in [9.17, 15) is 4.79 Å². The molecule has 0 radical (unpaired) electrons. The molecule has 0 aromatic carbocycles. The van der Waals surface area contributed by atoms with Crippen molar-refractivity contribution in [2.75, 3.05) is 33.2 Å². The average Bonchev–Trinajstić information content (AvgIpc) is 2.70. The Hall–Kier alpha value is -0.830. The number of nitrogens with zero attached hydrogens (tertiary/aromatic N) is 2. The molecule has 2 fully saturated rings. The van der Waals surface area contributed by atoms with Gasteiger partial charge in [-0.1, -0.05) is 11.6 Å². The van der Waals surface area contributed by atoms with Crippen molar-refractivity contribution in [3.8, 4) is 0 Å². The highest BCUT2D eigenvalue weighted by atomic mass is 16.2. The first-order valence-corrected chi connectivity index (χ1v) is 6.67. The summed E-state index contributed by atoms with van der Waals surface area (Å²) >= 11 is 0. The fraction of sp³-hybridized carbons (Fsp3) is 0.786. The molecule has 3 heteroatoms. The van der Waals surface area contributed by atoms with Gasteiger partial charge in [0.05, 0.1) is 5.41 Å². The standard InChI is InChI=1S/C14H24N2O/c1-4-12(2)10-16-9-7-14(11-16)6-5-8-15(3)13(14)17/h4H,5-11H2,1-3H3/b12-4+/t14-/m0/s1. The summed E-state index contributed by atoms with van der Waals surface area (Å²) in [6.07, 6.45) is 5.47. The van der Waals surface area contributed by atoms with Gasteiger partial charge in [0, 0.05) is 26.7 Å². The minimum Gasteiger partial charge on any atom is -0.345 e. The van der Waals surface area contributed by atoms with Crippen molar-refractivity contribution in [3.05, 3.63) is 11.6 Å². The van der Waals surface area contributed by atoms with E-state index in [2.05, 4.69) is 24.8 Å². The molecule has 2 aliphatic rings. The molecule has 1 amide bonds. The largest absolute Gasteiger partial charge is 0.345 e. The van der Waals surface area contributed by atoms with Gasteiger partial charge in [0.1, 0.15) is 0 Å². The van der Waals surface area contributed by atoms with E-state index in [-0.39, 0.29) is 5.41 Å². The summed E-state index contributed by atoms with van der Waals surface area (Å²) in [4.78, 5) is 16.7. The van der Waals surface area contributed by atoms with Gasteiger partial charge in [-0.3, -0.25) is 9.69 Å². The topological polar surface area (TPSA) is 23.6 Å². The highest BCUT2D eigenvalue weighted by molar-refractivity contribution is 5.83. The second-order valence-corrected chi connectivity index (χ2v) is 5.71. The Kier molecular flexibility index (Phi) is 3.57. The normalized spacial score (nSPS) is 31.6. The van der Waals surface area contributed by atoms with E-state index in [0.29, 0.717) is 5.91 Å². The minimum absolute atomic E-state index is 0.0545. The van der Waals surface area contributed by atoms with Crippen LogP contribution in [0.4, 0.5) is 0 Å². The van der Waals surface area contributed by atoms with Crippen LogP contribution in [-0.2, 0) is 4.79 Å². The van der Waals surface area contributed by atoms with Crippen LogP contribution in [0.1, 0.15) is 33.1 Å². The average molecular weight is 236 g/mol. The fourth-order valence-electron chi connectivity index (χ4n) is 3.18. The van der Waals surface area contributed by atoms with Crippen molar-refractivity contribution in [1.29, 1.82) is 0 Å². The van der Waals surface area contributed by atoms with E-state index in [4.69, 9.17) is 0 Å². The molecule has 0 aromatic rings. The molecule has 17 heavy (non-hydrogen) atoms. The Labute approximate surface area is 104 Å². The van der Waals surface area contributed by atoms with E-state index >= 15 is 0 Å². The van der Waals surface area contributed by atoms with Gasteiger partial charge >= 0.3 is 0 Å². The molecule has 1 spiro atoms. The monoisotopic (exact) mass is 236 g/mol. The number of carbonyl (C=O) groups excluding carboxylic acids is 1. The number of rotatable bonds is 2. The third kappa shape index (κ3) is 2.39. The minimum atomic E-state index is -0.0545. The van der Waals surface area contributed by atoms with E-state index in [1.165, 1.54) is 12.0 Å². The molecule has 0 bridgehead atoms. The molecular formula is C14H24N2O. The summed E-state index contributed by atoms with van der Waals surface area (Å²) in [7, 11) is 1.95. The van der Waals surface area contributed by atoms with Crippen molar-refractivity contribution in [1.82, 2.24) is 9.80 Å².